The van der Waals surface area contributed by atoms with Crippen LogP contribution in [0.2, 0.25) is 0 Å². The second-order valence-corrected chi connectivity index (χ2v) is 6.56. The molecule has 1 saturated heterocycles. The highest BCUT2D eigenvalue weighted by atomic mass is 16.5. The summed E-state index contributed by atoms with van der Waals surface area (Å²) in [6, 6.07) is 16.7. The lowest BCUT2D eigenvalue weighted by molar-refractivity contribution is 0.227. The van der Waals surface area contributed by atoms with E-state index in [1.54, 1.807) is 31.4 Å². The number of likely N-dealkylation sites (tertiary alicyclic amines) is 1. The smallest absolute Gasteiger partial charge is 0.319 e. The monoisotopic (exact) mass is 364 g/mol. The Kier molecular flexibility index (Phi) is 6.29. The van der Waals surface area contributed by atoms with Crippen LogP contribution in [0.25, 0.3) is 0 Å². The van der Waals surface area contributed by atoms with Gasteiger partial charge in [0.1, 0.15) is 5.75 Å². The first-order valence-electron chi connectivity index (χ1n) is 9.12. The normalized spacial score (nSPS) is 15.0. The van der Waals surface area contributed by atoms with Gasteiger partial charge in [-0.3, -0.25) is 4.90 Å². The van der Waals surface area contributed by atoms with E-state index in [1.165, 1.54) is 12.8 Å². The molecule has 0 saturated carbocycles. The van der Waals surface area contributed by atoms with Crippen LogP contribution in [0, 0.1) is 11.3 Å². The number of nitrogens with one attached hydrogen (secondary N) is 2. The third-order valence-corrected chi connectivity index (χ3v) is 4.79. The summed E-state index contributed by atoms with van der Waals surface area (Å²) in [7, 11) is 1.66. The second-order valence-electron chi connectivity index (χ2n) is 6.56. The van der Waals surface area contributed by atoms with Crippen molar-refractivity contribution in [2.75, 3.05) is 32.1 Å². The van der Waals surface area contributed by atoms with Crippen LogP contribution < -0.4 is 15.4 Å². The summed E-state index contributed by atoms with van der Waals surface area (Å²) in [5.41, 5.74) is 2.36. The number of anilines is 1. The summed E-state index contributed by atoms with van der Waals surface area (Å²) in [5, 5.41) is 14.6. The van der Waals surface area contributed by atoms with Gasteiger partial charge < -0.3 is 15.4 Å². The largest absolute Gasteiger partial charge is 0.497 e. The van der Waals surface area contributed by atoms with Gasteiger partial charge in [0.25, 0.3) is 0 Å². The zero-order valence-corrected chi connectivity index (χ0v) is 15.4. The SMILES string of the molecule is COc1cccc(C(CNC(=O)Nc2ccc(C#N)cc2)N2CCCC2)c1. The molecule has 2 aromatic carbocycles. The fourth-order valence-electron chi connectivity index (χ4n) is 3.35. The number of amides is 2. The van der Waals surface area contributed by atoms with Crippen molar-refractivity contribution < 1.29 is 9.53 Å². The van der Waals surface area contributed by atoms with Gasteiger partial charge in [0.05, 0.1) is 24.8 Å². The van der Waals surface area contributed by atoms with E-state index in [9.17, 15) is 4.79 Å². The van der Waals surface area contributed by atoms with Gasteiger partial charge >= 0.3 is 6.03 Å². The molecule has 1 aliphatic heterocycles. The Labute approximate surface area is 159 Å². The van der Waals surface area contributed by atoms with E-state index in [0.717, 1.165) is 24.4 Å². The first-order chi connectivity index (χ1) is 13.2. The topological polar surface area (TPSA) is 77.4 Å². The molecule has 0 spiro atoms. The third kappa shape index (κ3) is 4.99. The van der Waals surface area contributed by atoms with Crippen LogP contribution in [0.3, 0.4) is 0 Å². The van der Waals surface area contributed by atoms with Crippen molar-refractivity contribution in [2.45, 2.75) is 18.9 Å². The zero-order valence-electron chi connectivity index (χ0n) is 15.4. The molecule has 1 heterocycles. The van der Waals surface area contributed by atoms with Crippen LogP contribution in [0.15, 0.2) is 48.5 Å². The summed E-state index contributed by atoms with van der Waals surface area (Å²) in [4.78, 5) is 14.7. The predicted octanol–water partition coefficient (Wildman–Crippen LogP) is 3.53. The van der Waals surface area contributed by atoms with E-state index >= 15 is 0 Å². The van der Waals surface area contributed by atoms with Gasteiger partial charge in [-0.2, -0.15) is 5.26 Å². The maximum absolute atomic E-state index is 12.3. The molecule has 6 nitrogen and oxygen atoms in total. The van der Waals surface area contributed by atoms with Crippen molar-refractivity contribution in [1.29, 1.82) is 5.26 Å². The number of nitrogens with zero attached hydrogens (tertiary/aromatic N) is 2. The number of rotatable bonds is 6. The van der Waals surface area contributed by atoms with E-state index in [2.05, 4.69) is 27.7 Å². The molecule has 0 aromatic heterocycles. The lowest BCUT2D eigenvalue weighted by Gasteiger charge is -2.28. The minimum Gasteiger partial charge on any atom is -0.497 e. The van der Waals surface area contributed by atoms with Gasteiger partial charge in [-0.1, -0.05) is 12.1 Å². The number of nitriles is 1. The molecule has 140 valence electrons. The molecule has 1 aliphatic rings. The number of methoxy groups -OCH3 is 1. The van der Waals surface area contributed by atoms with Crippen LogP contribution in [-0.4, -0.2) is 37.7 Å². The molecule has 27 heavy (non-hydrogen) atoms. The molecule has 1 fully saturated rings. The Morgan fingerprint density at radius 2 is 1.96 bits per heavy atom. The van der Waals surface area contributed by atoms with Gasteiger partial charge in [0.15, 0.2) is 0 Å². The molecule has 3 rings (SSSR count). The minimum absolute atomic E-state index is 0.106. The minimum atomic E-state index is -0.258. The van der Waals surface area contributed by atoms with E-state index in [0.29, 0.717) is 17.8 Å². The number of ether oxygens (including phenoxy) is 1. The molecule has 6 heteroatoms. The Hall–Kier alpha value is -3.04. The molecule has 1 unspecified atom stereocenters. The molecule has 0 bridgehead atoms. The average molecular weight is 364 g/mol. The summed E-state index contributed by atoms with van der Waals surface area (Å²) in [5.74, 6) is 0.818. The number of benzene rings is 2. The van der Waals surface area contributed by atoms with Gasteiger partial charge in [0.2, 0.25) is 0 Å². The van der Waals surface area contributed by atoms with E-state index < -0.39 is 0 Å². The lowest BCUT2D eigenvalue weighted by Crippen LogP contribution is -2.38. The summed E-state index contributed by atoms with van der Waals surface area (Å²) in [6.45, 7) is 2.57. The first kappa shape index (κ1) is 18.7. The lowest BCUT2D eigenvalue weighted by atomic mass is 10.1. The molecular formula is C21H24N4O2. The van der Waals surface area contributed by atoms with Crippen molar-refractivity contribution >= 4 is 11.7 Å². The van der Waals surface area contributed by atoms with E-state index in [-0.39, 0.29) is 12.1 Å². The van der Waals surface area contributed by atoms with Gasteiger partial charge in [-0.15, -0.1) is 0 Å². The van der Waals surface area contributed by atoms with E-state index in [1.807, 2.05) is 18.2 Å². The Balaban J connectivity index is 1.64. The Morgan fingerprint density at radius 3 is 2.63 bits per heavy atom. The molecule has 0 radical (unpaired) electrons. The molecule has 1 atom stereocenters. The van der Waals surface area contributed by atoms with Gasteiger partial charge in [-0.25, -0.2) is 4.79 Å². The highest BCUT2D eigenvalue weighted by molar-refractivity contribution is 5.89. The van der Waals surface area contributed by atoms with Crippen LogP contribution in [0.4, 0.5) is 10.5 Å². The van der Waals surface area contributed by atoms with Crippen LogP contribution in [0.1, 0.15) is 30.0 Å². The summed E-state index contributed by atoms with van der Waals surface area (Å²) >= 11 is 0. The first-order valence-corrected chi connectivity index (χ1v) is 9.12. The highest BCUT2D eigenvalue weighted by Crippen LogP contribution is 2.27. The molecule has 0 aliphatic carbocycles. The quantitative estimate of drug-likeness (QED) is 0.822. The van der Waals surface area contributed by atoms with Crippen molar-refractivity contribution in [3.8, 4) is 11.8 Å². The molecule has 2 N–H and O–H groups in total. The summed E-state index contributed by atoms with van der Waals surface area (Å²) < 4.78 is 5.35. The van der Waals surface area contributed by atoms with E-state index in [4.69, 9.17) is 10.00 Å². The van der Waals surface area contributed by atoms with Crippen molar-refractivity contribution in [3.05, 3.63) is 59.7 Å². The standard InChI is InChI=1S/C21H24N4O2/c1-27-19-6-4-5-17(13-19)20(25-11-2-3-12-25)15-23-21(26)24-18-9-7-16(14-22)8-10-18/h4-10,13,20H,2-3,11-12,15H2,1H3,(H2,23,24,26). The molecule has 2 aromatic rings. The number of carbonyl (C=O) groups is 1. The number of carbonyl (C=O) groups excluding carboxylic acids is 1. The maximum Gasteiger partial charge on any atom is 0.319 e. The predicted molar refractivity (Wildman–Crippen MR) is 105 cm³/mol. The van der Waals surface area contributed by atoms with Crippen LogP contribution in [-0.2, 0) is 0 Å². The number of hydrogen-bond donors (Lipinski definition) is 2. The van der Waals surface area contributed by atoms with Crippen molar-refractivity contribution in [3.63, 3.8) is 0 Å². The Morgan fingerprint density at radius 1 is 1.22 bits per heavy atom. The second kappa shape index (κ2) is 9.06. The van der Waals surface area contributed by atoms with Crippen LogP contribution in [0.5, 0.6) is 5.75 Å². The Bertz CT molecular complexity index is 808. The van der Waals surface area contributed by atoms with Crippen molar-refractivity contribution in [1.82, 2.24) is 10.2 Å². The molecular weight excluding hydrogens is 340 g/mol. The maximum atomic E-state index is 12.3. The number of hydrogen-bond acceptors (Lipinski definition) is 4. The van der Waals surface area contributed by atoms with Crippen molar-refractivity contribution in [2.24, 2.45) is 0 Å². The average Bonchev–Trinajstić information content (AvgIpc) is 3.23. The number of urea groups is 1. The fraction of sp³-hybridized carbons (Fsp3) is 0.333. The fourth-order valence-corrected chi connectivity index (χ4v) is 3.35. The van der Waals surface area contributed by atoms with Gasteiger partial charge in [-0.05, 0) is 67.9 Å². The molecule has 2 amide bonds. The van der Waals surface area contributed by atoms with Gasteiger partial charge in [0, 0.05) is 12.2 Å². The zero-order chi connectivity index (χ0) is 19.1. The van der Waals surface area contributed by atoms with Crippen LogP contribution >= 0.6 is 0 Å². The highest BCUT2D eigenvalue weighted by Gasteiger charge is 2.24. The summed E-state index contributed by atoms with van der Waals surface area (Å²) in [6.07, 6.45) is 2.36. The third-order valence-electron chi connectivity index (χ3n) is 4.79.